The third-order valence-electron chi connectivity index (χ3n) is 2.74. The van der Waals surface area contributed by atoms with Crippen molar-refractivity contribution in [3.05, 3.63) is 53.9 Å². The lowest BCUT2D eigenvalue weighted by molar-refractivity contribution is 0.0948. The van der Waals surface area contributed by atoms with Crippen LogP contribution in [0.3, 0.4) is 0 Å². The number of hydrogen-bond acceptors (Lipinski definition) is 3. The summed E-state index contributed by atoms with van der Waals surface area (Å²) >= 11 is 0. The highest BCUT2D eigenvalue weighted by molar-refractivity contribution is 5.93. The van der Waals surface area contributed by atoms with Gasteiger partial charge in [0.15, 0.2) is 0 Å². The molecule has 0 aliphatic carbocycles. The summed E-state index contributed by atoms with van der Waals surface area (Å²) < 4.78 is 26.4. The van der Waals surface area contributed by atoms with Crippen LogP contribution in [0.2, 0.25) is 0 Å². The molecular weight excluding hydrogens is 276 g/mol. The van der Waals surface area contributed by atoms with Crippen LogP contribution in [0.5, 0.6) is 0 Å². The molecule has 0 unspecified atom stereocenters. The van der Waals surface area contributed by atoms with Gasteiger partial charge in [0.1, 0.15) is 17.3 Å². The van der Waals surface area contributed by atoms with Crippen molar-refractivity contribution in [2.75, 3.05) is 11.9 Å². The van der Waals surface area contributed by atoms with Crippen molar-refractivity contribution in [1.82, 2.24) is 10.3 Å². The predicted molar refractivity (Wildman–Crippen MR) is 76.5 cm³/mol. The molecule has 1 amide bonds. The molecule has 0 aliphatic heterocycles. The molecule has 1 aromatic heterocycles. The van der Waals surface area contributed by atoms with E-state index in [-0.39, 0.29) is 17.3 Å². The molecule has 0 saturated carbocycles. The Hall–Kier alpha value is -2.50. The Kier molecular flexibility index (Phi) is 4.81. The van der Waals surface area contributed by atoms with Gasteiger partial charge in [-0.2, -0.15) is 0 Å². The summed E-state index contributed by atoms with van der Waals surface area (Å²) in [7, 11) is 0. The number of benzene rings is 1. The standard InChI is InChI=1S/C15H15F2N3O/c1-2-6-19-15(21)14-9-11(5-7-18-14)20-13-4-3-10(16)8-12(13)17/h3-5,7-9H,2,6H2,1H3,(H,18,20)(H,19,21). The Morgan fingerprint density at radius 2 is 2.05 bits per heavy atom. The molecule has 0 fully saturated rings. The molecule has 4 nitrogen and oxygen atoms in total. The van der Waals surface area contributed by atoms with Gasteiger partial charge < -0.3 is 10.6 Å². The Labute approximate surface area is 121 Å². The second-order valence-electron chi connectivity index (χ2n) is 4.43. The monoisotopic (exact) mass is 291 g/mol. The number of pyridine rings is 1. The number of rotatable bonds is 5. The minimum absolute atomic E-state index is 0.127. The van der Waals surface area contributed by atoms with Crippen molar-refractivity contribution in [1.29, 1.82) is 0 Å². The molecular formula is C15H15F2N3O. The second-order valence-corrected chi connectivity index (χ2v) is 4.43. The average molecular weight is 291 g/mol. The van der Waals surface area contributed by atoms with Crippen LogP contribution in [-0.2, 0) is 0 Å². The highest BCUT2D eigenvalue weighted by Gasteiger charge is 2.08. The third-order valence-corrected chi connectivity index (χ3v) is 2.74. The van der Waals surface area contributed by atoms with Crippen LogP contribution in [0.15, 0.2) is 36.5 Å². The molecule has 0 saturated heterocycles. The maximum atomic E-state index is 13.6. The summed E-state index contributed by atoms with van der Waals surface area (Å²) in [6, 6.07) is 6.34. The van der Waals surface area contributed by atoms with Gasteiger partial charge in [0.05, 0.1) is 5.69 Å². The zero-order chi connectivity index (χ0) is 15.2. The molecule has 1 aromatic carbocycles. The number of halogens is 2. The Balaban J connectivity index is 2.15. The minimum Gasteiger partial charge on any atom is -0.353 e. The quantitative estimate of drug-likeness (QED) is 0.889. The smallest absolute Gasteiger partial charge is 0.269 e. The van der Waals surface area contributed by atoms with E-state index in [1.165, 1.54) is 18.3 Å². The summed E-state index contributed by atoms with van der Waals surface area (Å²) in [6.07, 6.45) is 2.27. The molecule has 110 valence electrons. The van der Waals surface area contributed by atoms with Crippen LogP contribution >= 0.6 is 0 Å². The number of amides is 1. The zero-order valence-corrected chi connectivity index (χ0v) is 11.5. The molecule has 0 spiro atoms. The van der Waals surface area contributed by atoms with Gasteiger partial charge in [-0.3, -0.25) is 9.78 Å². The second kappa shape index (κ2) is 6.78. The normalized spacial score (nSPS) is 10.2. The van der Waals surface area contributed by atoms with E-state index in [2.05, 4.69) is 15.6 Å². The number of aromatic nitrogens is 1. The molecule has 0 atom stereocenters. The van der Waals surface area contributed by atoms with E-state index in [1.54, 1.807) is 6.07 Å². The van der Waals surface area contributed by atoms with Crippen molar-refractivity contribution in [2.24, 2.45) is 0 Å². The molecule has 21 heavy (non-hydrogen) atoms. The van der Waals surface area contributed by atoms with Gasteiger partial charge in [-0.1, -0.05) is 6.92 Å². The van der Waals surface area contributed by atoms with Crippen LogP contribution in [0, 0.1) is 11.6 Å². The number of carbonyl (C=O) groups is 1. The maximum Gasteiger partial charge on any atom is 0.269 e. The molecule has 0 aliphatic rings. The van der Waals surface area contributed by atoms with Crippen LogP contribution in [-0.4, -0.2) is 17.4 Å². The third kappa shape index (κ3) is 3.98. The van der Waals surface area contributed by atoms with Crippen LogP contribution in [0.25, 0.3) is 0 Å². The number of carbonyl (C=O) groups excluding carboxylic acids is 1. The molecule has 1 heterocycles. The van der Waals surface area contributed by atoms with Crippen LogP contribution in [0.1, 0.15) is 23.8 Å². The largest absolute Gasteiger partial charge is 0.353 e. The van der Waals surface area contributed by atoms with Crippen molar-refractivity contribution >= 4 is 17.3 Å². The SMILES string of the molecule is CCCNC(=O)c1cc(Nc2ccc(F)cc2F)ccn1. The lowest BCUT2D eigenvalue weighted by Gasteiger charge is -2.09. The fourth-order valence-electron chi connectivity index (χ4n) is 1.71. The summed E-state index contributed by atoms with van der Waals surface area (Å²) in [5.41, 5.74) is 0.857. The number of nitrogens with zero attached hydrogens (tertiary/aromatic N) is 1. The van der Waals surface area contributed by atoms with Gasteiger partial charge in [0, 0.05) is 24.5 Å². The fourth-order valence-corrected chi connectivity index (χ4v) is 1.71. The van der Waals surface area contributed by atoms with Crippen molar-refractivity contribution in [2.45, 2.75) is 13.3 Å². The molecule has 0 bridgehead atoms. The first kappa shape index (κ1) is 14.9. The van der Waals surface area contributed by atoms with Gasteiger partial charge in [-0.25, -0.2) is 8.78 Å². The van der Waals surface area contributed by atoms with Crippen LogP contribution < -0.4 is 10.6 Å². The van der Waals surface area contributed by atoms with E-state index in [0.717, 1.165) is 18.6 Å². The van der Waals surface area contributed by atoms with Crippen molar-refractivity contribution in [3.63, 3.8) is 0 Å². The topological polar surface area (TPSA) is 54.0 Å². The number of anilines is 2. The molecule has 6 heteroatoms. The highest BCUT2D eigenvalue weighted by Crippen LogP contribution is 2.20. The van der Waals surface area contributed by atoms with E-state index in [0.29, 0.717) is 12.2 Å². The van der Waals surface area contributed by atoms with Gasteiger partial charge in [-0.15, -0.1) is 0 Å². The number of hydrogen-bond donors (Lipinski definition) is 2. The maximum absolute atomic E-state index is 13.6. The minimum atomic E-state index is -0.705. The van der Waals surface area contributed by atoms with Gasteiger partial charge in [0.25, 0.3) is 5.91 Å². The van der Waals surface area contributed by atoms with E-state index < -0.39 is 11.6 Å². The zero-order valence-electron chi connectivity index (χ0n) is 11.5. The lowest BCUT2D eigenvalue weighted by Crippen LogP contribution is -2.24. The predicted octanol–water partition coefficient (Wildman–Crippen LogP) is 3.24. The Bertz CT molecular complexity index is 647. The summed E-state index contributed by atoms with van der Waals surface area (Å²) in [4.78, 5) is 15.8. The summed E-state index contributed by atoms with van der Waals surface area (Å²) in [5, 5.41) is 5.49. The fraction of sp³-hybridized carbons (Fsp3) is 0.200. The lowest BCUT2D eigenvalue weighted by atomic mass is 10.2. The first-order valence-electron chi connectivity index (χ1n) is 6.56. The Morgan fingerprint density at radius 3 is 2.76 bits per heavy atom. The first-order valence-corrected chi connectivity index (χ1v) is 6.56. The molecule has 2 rings (SSSR count). The van der Waals surface area contributed by atoms with Gasteiger partial charge in [0.2, 0.25) is 0 Å². The highest BCUT2D eigenvalue weighted by atomic mass is 19.1. The van der Waals surface area contributed by atoms with Crippen LogP contribution in [0.4, 0.5) is 20.2 Å². The van der Waals surface area contributed by atoms with E-state index >= 15 is 0 Å². The molecule has 0 radical (unpaired) electrons. The number of nitrogens with one attached hydrogen (secondary N) is 2. The molecule has 2 N–H and O–H groups in total. The first-order chi connectivity index (χ1) is 10.1. The van der Waals surface area contributed by atoms with Crippen molar-refractivity contribution in [3.8, 4) is 0 Å². The average Bonchev–Trinajstić information content (AvgIpc) is 2.48. The van der Waals surface area contributed by atoms with E-state index in [4.69, 9.17) is 0 Å². The van der Waals surface area contributed by atoms with E-state index in [9.17, 15) is 13.6 Å². The van der Waals surface area contributed by atoms with Gasteiger partial charge >= 0.3 is 0 Å². The Morgan fingerprint density at radius 1 is 1.24 bits per heavy atom. The van der Waals surface area contributed by atoms with Gasteiger partial charge in [-0.05, 0) is 30.7 Å². The van der Waals surface area contributed by atoms with Crippen molar-refractivity contribution < 1.29 is 13.6 Å². The van der Waals surface area contributed by atoms with E-state index in [1.807, 2.05) is 6.92 Å². The molecule has 2 aromatic rings. The summed E-state index contributed by atoms with van der Waals surface area (Å²) in [6.45, 7) is 2.51. The summed E-state index contributed by atoms with van der Waals surface area (Å²) in [5.74, 6) is -1.64.